The quantitative estimate of drug-likeness (QED) is 0.510. The molecule has 0 spiro atoms. The number of halogens is 1. The van der Waals surface area contributed by atoms with Crippen LogP contribution in [-0.2, 0) is 14.3 Å². The number of alkyl halides is 1. The van der Waals surface area contributed by atoms with Crippen LogP contribution in [0.1, 0.15) is 6.23 Å². The lowest BCUT2D eigenvalue weighted by atomic mass is 10.1. The van der Waals surface area contributed by atoms with Crippen LogP contribution in [0.4, 0.5) is 4.39 Å². The van der Waals surface area contributed by atoms with Crippen LogP contribution in [0, 0.1) is 0 Å². The Kier molecular flexibility index (Phi) is 5.13. The molecule has 1 unspecified atom stereocenters. The van der Waals surface area contributed by atoms with Crippen LogP contribution in [-0.4, -0.2) is 64.4 Å². The third kappa shape index (κ3) is 3.41. The minimum Gasteiger partial charge on any atom is -0.475 e. The second-order valence-electron chi connectivity index (χ2n) is 4.71. The van der Waals surface area contributed by atoms with E-state index < -0.39 is 60.8 Å². The molecule has 4 atom stereocenters. The SMILES string of the molecule is COC(=O)COc1cn([C@@H]2O[C@H](CO)C(O)[C@@H]2F)c(=O)[nH]c1=O. The Morgan fingerprint density at radius 1 is 1.52 bits per heavy atom. The van der Waals surface area contributed by atoms with E-state index in [2.05, 4.69) is 4.74 Å². The number of nitrogens with zero attached hydrogens (tertiary/aromatic N) is 1. The Balaban J connectivity index is 2.31. The van der Waals surface area contributed by atoms with Crippen molar-refractivity contribution in [3.8, 4) is 5.75 Å². The Morgan fingerprint density at radius 2 is 2.22 bits per heavy atom. The number of aliphatic hydroxyl groups excluding tert-OH is 2. The minimum atomic E-state index is -2.01. The number of aromatic nitrogens is 2. The number of aromatic amines is 1. The highest BCUT2D eigenvalue weighted by Gasteiger charge is 2.45. The van der Waals surface area contributed by atoms with Gasteiger partial charge in [0.1, 0.15) is 12.2 Å². The summed E-state index contributed by atoms with van der Waals surface area (Å²) in [6.07, 6.45) is -5.57. The number of carbonyl (C=O) groups excluding carboxylic acids is 1. The number of hydrogen-bond donors (Lipinski definition) is 3. The summed E-state index contributed by atoms with van der Waals surface area (Å²) >= 11 is 0. The molecule has 0 aromatic carbocycles. The third-order valence-corrected chi connectivity index (χ3v) is 3.26. The van der Waals surface area contributed by atoms with E-state index in [0.717, 1.165) is 13.3 Å². The summed E-state index contributed by atoms with van der Waals surface area (Å²) in [6, 6.07) is 0. The van der Waals surface area contributed by atoms with Gasteiger partial charge in [0.25, 0.3) is 5.56 Å². The van der Waals surface area contributed by atoms with Crippen molar-refractivity contribution in [1.82, 2.24) is 9.55 Å². The molecule has 1 aliphatic heterocycles. The molecule has 1 aromatic rings. The van der Waals surface area contributed by atoms with Crippen LogP contribution in [0.3, 0.4) is 0 Å². The largest absolute Gasteiger partial charge is 0.475 e. The van der Waals surface area contributed by atoms with Crippen LogP contribution in [0.5, 0.6) is 5.75 Å². The summed E-state index contributed by atoms with van der Waals surface area (Å²) in [6.45, 7) is -1.24. The Morgan fingerprint density at radius 3 is 2.78 bits per heavy atom. The van der Waals surface area contributed by atoms with E-state index in [1.54, 1.807) is 0 Å². The van der Waals surface area contributed by atoms with Crippen LogP contribution in [0.15, 0.2) is 15.8 Å². The maximum absolute atomic E-state index is 14.0. The van der Waals surface area contributed by atoms with E-state index in [-0.39, 0.29) is 0 Å². The normalized spacial score (nSPS) is 27.0. The Labute approximate surface area is 128 Å². The van der Waals surface area contributed by atoms with Crippen LogP contribution in [0.25, 0.3) is 0 Å². The monoisotopic (exact) mass is 334 g/mol. The summed E-state index contributed by atoms with van der Waals surface area (Å²) in [5.41, 5.74) is -1.93. The average molecular weight is 334 g/mol. The predicted molar refractivity (Wildman–Crippen MR) is 70.7 cm³/mol. The van der Waals surface area contributed by atoms with Gasteiger partial charge in [0.2, 0.25) is 5.75 Å². The Hall–Kier alpha value is -2.24. The van der Waals surface area contributed by atoms with Crippen molar-refractivity contribution in [3.63, 3.8) is 0 Å². The van der Waals surface area contributed by atoms with Gasteiger partial charge in [-0.05, 0) is 0 Å². The molecule has 23 heavy (non-hydrogen) atoms. The van der Waals surface area contributed by atoms with E-state index in [1.165, 1.54) is 0 Å². The molecule has 0 saturated carbocycles. The number of aliphatic hydroxyl groups is 2. The predicted octanol–water partition coefficient (Wildman–Crippen LogP) is -2.32. The maximum atomic E-state index is 14.0. The zero-order chi connectivity index (χ0) is 17.1. The highest BCUT2D eigenvalue weighted by atomic mass is 19.1. The molecular formula is C12H15FN2O8. The molecule has 0 radical (unpaired) electrons. The van der Waals surface area contributed by atoms with Crippen molar-refractivity contribution >= 4 is 5.97 Å². The zero-order valence-corrected chi connectivity index (χ0v) is 12.0. The number of ether oxygens (including phenoxy) is 3. The molecule has 1 aliphatic rings. The molecular weight excluding hydrogens is 319 g/mol. The van der Waals surface area contributed by atoms with Crippen molar-refractivity contribution in [3.05, 3.63) is 27.0 Å². The molecule has 1 aromatic heterocycles. The fourth-order valence-electron chi connectivity index (χ4n) is 2.03. The number of H-pyrrole nitrogens is 1. The molecule has 3 N–H and O–H groups in total. The smallest absolute Gasteiger partial charge is 0.343 e. The van der Waals surface area contributed by atoms with Gasteiger partial charge in [0.05, 0.1) is 19.9 Å². The van der Waals surface area contributed by atoms with Gasteiger partial charge < -0.3 is 24.4 Å². The van der Waals surface area contributed by atoms with Gasteiger partial charge in [-0.15, -0.1) is 0 Å². The summed E-state index contributed by atoms with van der Waals surface area (Å²) in [5.74, 6) is -1.20. The summed E-state index contributed by atoms with van der Waals surface area (Å²) in [4.78, 5) is 36.3. The molecule has 0 bridgehead atoms. The molecule has 0 aliphatic carbocycles. The number of hydrogen-bond acceptors (Lipinski definition) is 8. The maximum Gasteiger partial charge on any atom is 0.343 e. The Bertz CT molecular complexity index is 686. The van der Waals surface area contributed by atoms with Gasteiger partial charge in [-0.2, -0.15) is 0 Å². The zero-order valence-electron chi connectivity index (χ0n) is 12.0. The van der Waals surface area contributed by atoms with Gasteiger partial charge in [-0.25, -0.2) is 14.0 Å². The van der Waals surface area contributed by atoms with E-state index >= 15 is 0 Å². The van der Waals surface area contributed by atoms with Gasteiger partial charge in [0, 0.05) is 0 Å². The lowest BCUT2D eigenvalue weighted by molar-refractivity contribution is -0.142. The van der Waals surface area contributed by atoms with E-state index in [9.17, 15) is 23.9 Å². The summed E-state index contributed by atoms with van der Waals surface area (Å²) < 4.78 is 29.0. The summed E-state index contributed by atoms with van der Waals surface area (Å²) in [7, 11) is 1.12. The van der Waals surface area contributed by atoms with Crippen LogP contribution < -0.4 is 16.0 Å². The molecule has 10 nitrogen and oxygen atoms in total. The molecule has 0 amide bonds. The second kappa shape index (κ2) is 6.89. The van der Waals surface area contributed by atoms with Gasteiger partial charge in [0.15, 0.2) is 19.0 Å². The second-order valence-corrected chi connectivity index (χ2v) is 4.71. The molecule has 128 valence electrons. The number of methoxy groups -OCH3 is 1. The van der Waals surface area contributed by atoms with Gasteiger partial charge in [-0.1, -0.05) is 0 Å². The fourth-order valence-corrected chi connectivity index (χ4v) is 2.03. The highest BCUT2D eigenvalue weighted by Crippen LogP contribution is 2.30. The molecule has 2 heterocycles. The molecule has 1 fully saturated rings. The van der Waals surface area contributed by atoms with E-state index in [4.69, 9.17) is 14.6 Å². The van der Waals surface area contributed by atoms with Gasteiger partial charge >= 0.3 is 11.7 Å². The number of carbonyl (C=O) groups is 1. The molecule has 2 rings (SSSR count). The highest BCUT2D eigenvalue weighted by molar-refractivity contribution is 5.70. The van der Waals surface area contributed by atoms with E-state index in [0.29, 0.717) is 4.57 Å². The molecule has 1 saturated heterocycles. The van der Waals surface area contributed by atoms with Crippen LogP contribution in [0.2, 0.25) is 0 Å². The minimum absolute atomic E-state index is 0.437. The first-order valence-corrected chi connectivity index (χ1v) is 6.52. The number of rotatable bonds is 5. The molecule has 11 heteroatoms. The van der Waals surface area contributed by atoms with Crippen molar-refractivity contribution in [2.45, 2.75) is 24.6 Å². The first-order valence-electron chi connectivity index (χ1n) is 6.52. The average Bonchev–Trinajstić information content (AvgIpc) is 2.81. The topological polar surface area (TPSA) is 140 Å². The van der Waals surface area contributed by atoms with E-state index in [1.807, 2.05) is 4.98 Å². The third-order valence-electron chi connectivity index (χ3n) is 3.26. The van der Waals surface area contributed by atoms with Gasteiger partial charge in [-0.3, -0.25) is 14.3 Å². The first-order chi connectivity index (χ1) is 10.9. The lowest BCUT2D eigenvalue weighted by Crippen LogP contribution is -2.36. The van der Waals surface area contributed by atoms with Crippen molar-refractivity contribution in [2.24, 2.45) is 0 Å². The number of esters is 1. The van der Waals surface area contributed by atoms with Crippen LogP contribution >= 0.6 is 0 Å². The fraction of sp³-hybridized carbons (Fsp3) is 0.583. The number of nitrogens with one attached hydrogen (secondary N) is 1. The lowest BCUT2D eigenvalue weighted by Gasteiger charge is -2.16. The standard InChI is InChI=1S/C12H15FN2O8/c1-21-7(17)4-22-5-2-15(12(20)14-10(5)19)11-8(13)9(18)6(3-16)23-11/h2,6,8-9,11,16,18H,3-4H2,1H3,(H,14,19,20)/t6-,8+,9?,11-/m1/s1. The summed E-state index contributed by atoms with van der Waals surface area (Å²) in [5, 5.41) is 18.6. The van der Waals surface area contributed by atoms with Crippen molar-refractivity contribution in [2.75, 3.05) is 20.3 Å². The first kappa shape index (κ1) is 17.1. The van der Waals surface area contributed by atoms with Crippen molar-refractivity contribution < 1.29 is 33.6 Å². The van der Waals surface area contributed by atoms with Crippen molar-refractivity contribution in [1.29, 1.82) is 0 Å².